The van der Waals surface area contributed by atoms with E-state index < -0.39 is 0 Å². The lowest BCUT2D eigenvalue weighted by Gasteiger charge is -2.14. The van der Waals surface area contributed by atoms with Gasteiger partial charge in [-0.05, 0) is 42.6 Å². The Labute approximate surface area is 127 Å². The molecule has 0 aliphatic heterocycles. The Morgan fingerprint density at radius 3 is 2.80 bits per heavy atom. The molecule has 0 amide bonds. The maximum Gasteiger partial charge on any atom is 0.126 e. The average molecular weight is 305 g/mol. The van der Waals surface area contributed by atoms with Gasteiger partial charge in [0.1, 0.15) is 17.6 Å². The Kier molecular flexibility index (Phi) is 4.24. The number of aryl methyl sites for hydroxylation is 1. The summed E-state index contributed by atoms with van der Waals surface area (Å²) in [5, 5.41) is 5.77. The lowest BCUT2D eigenvalue weighted by atomic mass is 10.2. The highest BCUT2D eigenvalue weighted by molar-refractivity contribution is 7.27. The molecule has 106 valence electrons. The quantitative estimate of drug-likeness (QED) is 0.676. The maximum absolute atomic E-state index is 5.97. The van der Waals surface area contributed by atoms with Crippen molar-refractivity contribution in [2.24, 2.45) is 0 Å². The maximum atomic E-state index is 5.97. The van der Waals surface area contributed by atoms with Crippen LogP contribution in [-0.4, -0.2) is 6.54 Å². The number of furan rings is 1. The van der Waals surface area contributed by atoms with Crippen LogP contribution in [0, 0.1) is 0 Å². The standard InChI is InChI=1S/C16H19NOS2/c1-3-8-17-16(12-6-5-11(4-2)18-12)15-10-14-13(20-15)7-9-19-14/h5-7,9-10,16-17H,3-4,8H2,1-2H3. The van der Waals surface area contributed by atoms with Crippen LogP contribution in [0.15, 0.2) is 34.1 Å². The molecule has 3 heterocycles. The number of hydrogen-bond donors (Lipinski definition) is 1. The smallest absolute Gasteiger partial charge is 0.126 e. The molecule has 0 saturated heterocycles. The van der Waals surface area contributed by atoms with Crippen molar-refractivity contribution in [3.8, 4) is 0 Å². The van der Waals surface area contributed by atoms with E-state index in [9.17, 15) is 0 Å². The summed E-state index contributed by atoms with van der Waals surface area (Å²) < 4.78 is 8.71. The summed E-state index contributed by atoms with van der Waals surface area (Å²) in [6, 6.07) is 8.88. The highest BCUT2D eigenvalue weighted by atomic mass is 32.1. The van der Waals surface area contributed by atoms with Gasteiger partial charge in [-0.25, -0.2) is 0 Å². The SMILES string of the molecule is CCCNC(c1ccc(CC)o1)c1cc2sccc2s1. The third-order valence-electron chi connectivity index (χ3n) is 3.36. The van der Waals surface area contributed by atoms with Gasteiger partial charge in [0, 0.05) is 20.7 Å². The second kappa shape index (κ2) is 6.12. The molecule has 0 spiro atoms. The van der Waals surface area contributed by atoms with Crippen molar-refractivity contribution in [1.29, 1.82) is 0 Å². The molecule has 0 bridgehead atoms. The number of rotatable bonds is 6. The summed E-state index contributed by atoms with van der Waals surface area (Å²) in [5.74, 6) is 2.09. The summed E-state index contributed by atoms with van der Waals surface area (Å²) in [5.41, 5.74) is 0. The molecule has 0 radical (unpaired) electrons. The van der Waals surface area contributed by atoms with Crippen LogP contribution in [0.25, 0.3) is 9.40 Å². The normalized spacial score (nSPS) is 13.1. The molecular weight excluding hydrogens is 286 g/mol. The highest BCUT2D eigenvalue weighted by Crippen LogP contribution is 2.36. The minimum absolute atomic E-state index is 0.180. The zero-order valence-electron chi connectivity index (χ0n) is 11.8. The van der Waals surface area contributed by atoms with Gasteiger partial charge in [0.2, 0.25) is 0 Å². The van der Waals surface area contributed by atoms with E-state index in [1.165, 1.54) is 14.3 Å². The minimum atomic E-state index is 0.180. The molecule has 0 aliphatic rings. The van der Waals surface area contributed by atoms with E-state index in [2.05, 4.69) is 48.8 Å². The molecule has 1 unspecified atom stereocenters. The third kappa shape index (κ3) is 2.68. The summed E-state index contributed by atoms with van der Waals surface area (Å²) in [6.45, 7) is 5.31. The van der Waals surface area contributed by atoms with Gasteiger partial charge in [0.05, 0.1) is 0 Å². The second-order valence-electron chi connectivity index (χ2n) is 4.84. The molecule has 3 rings (SSSR count). The van der Waals surface area contributed by atoms with Crippen LogP contribution in [0.1, 0.15) is 42.7 Å². The predicted octanol–water partition coefficient (Wildman–Crippen LogP) is 5.21. The molecule has 4 heteroatoms. The van der Waals surface area contributed by atoms with Crippen molar-refractivity contribution in [2.45, 2.75) is 32.7 Å². The monoisotopic (exact) mass is 305 g/mol. The minimum Gasteiger partial charge on any atom is -0.464 e. The third-order valence-corrected chi connectivity index (χ3v) is 5.52. The van der Waals surface area contributed by atoms with Gasteiger partial charge in [-0.1, -0.05) is 13.8 Å². The Bertz CT molecular complexity index is 651. The second-order valence-corrected chi connectivity index (χ2v) is 6.91. The van der Waals surface area contributed by atoms with Crippen LogP contribution in [0.2, 0.25) is 0 Å². The van der Waals surface area contributed by atoms with E-state index in [0.717, 1.165) is 30.9 Å². The first-order chi connectivity index (χ1) is 9.81. The highest BCUT2D eigenvalue weighted by Gasteiger charge is 2.19. The topological polar surface area (TPSA) is 25.2 Å². The summed E-state index contributed by atoms with van der Waals surface area (Å²) in [7, 11) is 0. The summed E-state index contributed by atoms with van der Waals surface area (Å²) in [6.07, 6.45) is 2.07. The van der Waals surface area contributed by atoms with Gasteiger partial charge in [-0.2, -0.15) is 0 Å². The van der Waals surface area contributed by atoms with Crippen LogP contribution in [-0.2, 0) is 6.42 Å². The van der Waals surface area contributed by atoms with Crippen LogP contribution in [0.4, 0.5) is 0 Å². The Balaban J connectivity index is 1.94. The van der Waals surface area contributed by atoms with Crippen LogP contribution in [0.3, 0.4) is 0 Å². The lowest BCUT2D eigenvalue weighted by Crippen LogP contribution is -2.21. The van der Waals surface area contributed by atoms with Crippen molar-refractivity contribution >= 4 is 32.1 Å². The fraction of sp³-hybridized carbons (Fsp3) is 0.375. The molecule has 3 aromatic rings. The van der Waals surface area contributed by atoms with E-state index in [-0.39, 0.29) is 6.04 Å². The largest absolute Gasteiger partial charge is 0.464 e. The molecule has 0 saturated carbocycles. The van der Waals surface area contributed by atoms with Gasteiger partial charge in [0.25, 0.3) is 0 Å². The van der Waals surface area contributed by atoms with Crippen LogP contribution >= 0.6 is 22.7 Å². The van der Waals surface area contributed by atoms with Crippen LogP contribution in [0.5, 0.6) is 0 Å². The first-order valence-corrected chi connectivity index (χ1v) is 8.80. The fourth-order valence-electron chi connectivity index (χ4n) is 2.30. The van der Waals surface area contributed by atoms with Crippen molar-refractivity contribution in [2.75, 3.05) is 6.54 Å². The van der Waals surface area contributed by atoms with Gasteiger partial charge in [-0.15, -0.1) is 22.7 Å². The fourth-order valence-corrected chi connectivity index (χ4v) is 4.50. The van der Waals surface area contributed by atoms with Crippen molar-refractivity contribution < 1.29 is 4.42 Å². The van der Waals surface area contributed by atoms with Crippen LogP contribution < -0.4 is 5.32 Å². The Morgan fingerprint density at radius 1 is 1.20 bits per heavy atom. The molecule has 3 aromatic heterocycles. The Morgan fingerprint density at radius 2 is 2.10 bits per heavy atom. The van der Waals surface area contributed by atoms with E-state index in [1.54, 1.807) is 11.3 Å². The summed E-state index contributed by atoms with van der Waals surface area (Å²) >= 11 is 3.67. The van der Waals surface area contributed by atoms with Crippen molar-refractivity contribution in [1.82, 2.24) is 5.32 Å². The first kappa shape index (κ1) is 13.9. The molecule has 1 atom stereocenters. The van der Waals surface area contributed by atoms with Gasteiger partial charge >= 0.3 is 0 Å². The van der Waals surface area contributed by atoms with E-state index in [0.29, 0.717) is 0 Å². The van der Waals surface area contributed by atoms with Gasteiger partial charge in [-0.3, -0.25) is 0 Å². The number of fused-ring (bicyclic) bond motifs is 1. The zero-order chi connectivity index (χ0) is 13.9. The molecule has 0 fully saturated rings. The number of thiophene rings is 2. The van der Waals surface area contributed by atoms with Crippen molar-refractivity contribution in [3.63, 3.8) is 0 Å². The molecule has 0 aliphatic carbocycles. The molecular formula is C16H19NOS2. The zero-order valence-corrected chi connectivity index (χ0v) is 13.4. The molecule has 2 nitrogen and oxygen atoms in total. The van der Waals surface area contributed by atoms with E-state index >= 15 is 0 Å². The van der Waals surface area contributed by atoms with E-state index in [1.807, 2.05) is 11.3 Å². The average Bonchev–Trinajstić information content (AvgIpc) is 3.14. The molecule has 20 heavy (non-hydrogen) atoms. The molecule has 0 aromatic carbocycles. The number of hydrogen-bond acceptors (Lipinski definition) is 4. The van der Waals surface area contributed by atoms with Crippen molar-refractivity contribution in [3.05, 3.63) is 46.0 Å². The summed E-state index contributed by atoms with van der Waals surface area (Å²) in [4.78, 5) is 1.34. The lowest BCUT2D eigenvalue weighted by molar-refractivity contribution is 0.424. The van der Waals surface area contributed by atoms with Gasteiger partial charge in [0.15, 0.2) is 0 Å². The molecule has 1 N–H and O–H groups in total. The first-order valence-electron chi connectivity index (χ1n) is 7.10. The Hall–Kier alpha value is -1.10. The van der Waals surface area contributed by atoms with E-state index in [4.69, 9.17) is 4.42 Å². The number of nitrogens with one attached hydrogen (secondary N) is 1. The van der Waals surface area contributed by atoms with Gasteiger partial charge < -0.3 is 9.73 Å². The predicted molar refractivity (Wildman–Crippen MR) is 87.9 cm³/mol.